The fraction of sp³-hybridized carbons (Fsp3) is 0.176. The number of carbonyl (C=O) groups is 1. The molecule has 0 radical (unpaired) electrons. The Labute approximate surface area is 129 Å². The summed E-state index contributed by atoms with van der Waals surface area (Å²) in [5.74, 6) is 0.663. The van der Waals surface area contributed by atoms with Gasteiger partial charge in [0.25, 0.3) is 0 Å². The number of rotatable bonds is 3. The van der Waals surface area contributed by atoms with E-state index in [0.29, 0.717) is 24.7 Å². The molecule has 0 atom stereocenters. The number of urea groups is 1. The van der Waals surface area contributed by atoms with Crippen LogP contribution in [0, 0.1) is 6.92 Å². The van der Waals surface area contributed by atoms with Crippen molar-refractivity contribution in [3.63, 3.8) is 0 Å². The number of ether oxygens (including phenoxy) is 1. The summed E-state index contributed by atoms with van der Waals surface area (Å²) >= 11 is 0. The van der Waals surface area contributed by atoms with E-state index in [-0.39, 0.29) is 6.03 Å². The quantitative estimate of drug-likeness (QED) is 0.911. The first-order valence-electron chi connectivity index (χ1n) is 7.13. The summed E-state index contributed by atoms with van der Waals surface area (Å²) in [5, 5.41) is 5.60. The molecule has 0 aliphatic carbocycles. The number of nitrogens with one attached hydrogen (secondary N) is 2. The summed E-state index contributed by atoms with van der Waals surface area (Å²) in [6.07, 6.45) is 0. The van der Waals surface area contributed by atoms with E-state index in [2.05, 4.69) is 15.6 Å². The Morgan fingerprint density at radius 3 is 2.55 bits per heavy atom. The van der Waals surface area contributed by atoms with Crippen molar-refractivity contribution < 1.29 is 9.53 Å². The van der Waals surface area contributed by atoms with Crippen molar-refractivity contribution >= 4 is 23.3 Å². The standard InChI is InChI=1S/C17H17N3O2/c1-12-3-2-4-15(11-12)20-17(21)19-14-7-5-13(6-8-14)16-18-9-10-22-16/h2-8,11H,9-10H2,1H3,(H2,19,20,21). The molecule has 0 unspecified atom stereocenters. The molecule has 2 amide bonds. The number of carbonyl (C=O) groups excluding carboxylic acids is 1. The van der Waals surface area contributed by atoms with Gasteiger partial charge in [0.15, 0.2) is 0 Å². The van der Waals surface area contributed by atoms with Gasteiger partial charge in [-0.05, 0) is 48.9 Å². The van der Waals surface area contributed by atoms with Gasteiger partial charge in [-0.1, -0.05) is 12.1 Å². The average Bonchev–Trinajstić information content (AvgIpc) is 3.02. The largest absolute Gasteiger partial charge is 0.476 e. The van der Waals surface area contributed by atoms with Crippen LogP contribution in [0.5, 0.6) is 0 Å². The second kappa shape index (κ2) is 6.30. The summed E-state index contributed by atoms with van der Waals surface area (Å²) in [4.78, 5) is 16.2. The van der Waals surface area contributed by atoms with E-state index >= 15 is 0 Å². The molecule has 2 aromatic carbocycles. The summed E-state index contributed by atoms with van der Waals surface area (Å²) in [5.41, 5.74) is 3.50. The van der Waals surface area contributed by atoms with Crippen LogP contribution in [0.3, 0.4) is 0 Å². The van der Waals surface area contributed by atoms with Crippen LogP contribution >= 0.6 is 0 Å². The molecule has 0 saturated heterocycles. The van der Waals surface area contributed by atoms with Crippen LogP contribution < -0.4 is 10.6 Å². The highest BCUT2D eigenvalue weighted by molar-refractivity contribution is 6.00. The van der Waals surface area contributed by atoms with Gasteiger partial charge in [-0.3, -0.25) is 0 Å². The molecule has 0 bridgehead atoms. The highest BCUT2D eigenvalue weighted by Gasteiger charge is 2.10. The zero-order valence-electron chi connectivity index (χ0n) is 12.3. The minimum atomic E-state index is -0.271. The Kier molecular flexibility index (Phi) is 4.05. The lowest BCUT2D eigenvalue weighted by atomic mass is 10.2. The second-order valence-corrected chi connectivity index (χ2v) is 5.06. The van der Waals surface area contributed by atoms with Gasteiger partial charge >= 0.3 is 6.03 Å². The smallest absolute Gasteiger partial charge is 0.323 e. The molecule has 0 aromatic heterocycles. The van der Waals surface area contributed by atoms with Crippen molar-refractivity contribution in [2.45, 2.75) is 6.92 Å². The van der Waals surface area contributed by atoms with E-state index in [0.717, 1.165) is 16.8 Å². The number of benzene rings is 2. The van der Waals surface area contributed by atoms with Gasteiger partial charge in [-0.15, -0.1) is 0 Å². The number of hydrogen-bond acceptors (Lipinski definition) is 3. The maximum absolute atomic E-state index is 12.0. The summed E-state index contributed by atoms with van der Waals surface area (Å²) < 4.78 is 5.40. The molecule has 5 heteroatoms. The predicted octanol–water partition coefficient (Wildman–Crippen LogP) is 3.42. The molecule has 2 aromatic rings. The molecular formula is C17H17N3O2. The number of aliphatic imine (C=N–C) groups is 1. The first kappa shape index (κ1) is 14.1. The fourth-order valence-corrected chi connectivity index (χ4v) is 2.22. The Bertz CT molecular complexity index is 708. The lowest BCUT2D eigenvalue weighted by Gasteiger charge is -2.09. The van der Waals surface area contributed by atoms with Crippen molar-refractivity contribution in [2.75, 3.05) is 23.8 Å². The third kappa shape index (κ3) is 3.44. The predicted molar refractivity (Wildman–Crippen MR) is 87.6 cm³/mol. The maximum Gasteiger partial charge on any atom is 0.323 e. The summed E-state index contributed by atoms with van der Waals surface area (Å²) in [7, 11) is 0. The van der Waals surface area contributed by atoms with Gasteiger partial charge in [0.2, 0.25) is 5.90 Å². The molecule has 1 aliphatic rings. The number of aryl methyl sites for hydroxylation is 1. The van der Waals surface area contributed by atoms with Gasteiger partial charge in [-0.25, -0.2) is 9.79 Å². The van der Waals surface area contributed by atoms with E-state index in [1.165, 1.54) is 0 Å². The lowest BCUT2D eigenvalue weighted by molar-refractivity contribution is 0.262. The first-order valence-corrected chi connectivity index (χ1v) is 7.13. The number of nitrogens with zero attached hydrogens (tertiary/aromatic N) is 1. The van der Waals surface area contributed by atoms with E-state index in [4.69, 9.17) is 4.74 Å². The van der Waals surface area contributed by atoms with Crippen LogP contribution in [0.15, 0.2) is 53.5 Å². The monoisotopic (exact) mass is 295 g/mol. The normalized spacial score (nSPS) is 13.2. The molecule has 0 saturated carbocycles. The Morgan fingerprint density at radius 2 is 1.86 bits per heavy atom. The van der Waals surface area contributed by atoms with E-state index < -0.39 is 0 Å². The number of amides is 2. The van der Waals surface area contributed by atoms with Gasteiger partial charge < -0.3 is 15.4 Å². The third-order valence-electron chi connectivity index (χ3n) is 3.25. The Hall–Kier alpha value is -2.82. The van der Waals surface area contributed by atoms with Crippen molar-refractivity contribution in [3.8, 4) is 0 Å². The molecule has 0 fully saturated rings. The van der Waals surface area contributed by atoms with Crippen LogP contribution in [0.25, 0.3) is 0 Å². The first-order chi connectivity index (χ1) is 10.7. The van der Waals surface area contributed by atoms with Crippen molar-refractivity contribution in [1.29, 1.82) is 0 Å². The van der Waals surface area contributed by atoms with Crippen LogP contribution in [0.2, 0.25) is 0 Å². The lowest BCUT2D eigenvalue weighted by Crippen LogP contribution is -2.19. The molecule has 3 rings (SSSR count). The number of hydrogen-bond donors (Lipinski definition) is 2. The van der Waals surface area contributed by atoms with Crippen molar-refractivity contribution in [2.24, 2.45) is 4.99 Å². The number of anilines is 2. The summed E-state index contributed by atoms with van der Waals surface area (Å²) in [6.45, 7) is 3.32. The van der Waals surface area contributed by atoms with Gasteiger partial charge in [0.05, 0.1) is 6.54 Å². The van der Waals surface area contributed by atoms with E-state index in [9.17, 15) is 4.79 Å². The molecule has 5 nitrogen and oxygen atoms in total. The molecule has 1 aliphatic heterocycles. The van der Waals surface area contributed by atoms with Gasteiger partial charge in [0, 0.05) is 16.9 Å². The van der Waals surface area contributed by atoms with Crippen LogP contribution in [0.4, 0.5) is 16.2 Å². The van der Waals surface area contributed by atoms with Gasteiger partial charge in [0.1, 0.15) is 6.61 Å². The molecule has 112 valence electrons. The zero-order valence-corrected chi connectivity index (χ0v) is 12.3. The zero-order chi connectivity index (χ0) is 15.4. The highest BCUT2D eigenvalue weighted by atomic mass is 16.5. The molecule has 1 heterocycles. The Morgan fingerprint density at radius 1 is 1.09 bits per heavy atom. The highest BCUT2D eigenvalue weighted by Crippen LogP contribution is 2.14. The molecule has 2 N–H and O–H groups in total. The van der Waals surface area contributed by atoms with Crippen LogP contribution in [-0.2, 0) is 4.74 Å². The van der Waals surface area contributed by atoms with E-state index in [1.54, 1.807) is 0 Å². The van der Waals surface area contributed by atoms with Crippen molar-refractivity contribution in [1.82, 2.24) is 0 Å². The maximum atomic E-state index is 12.0. The van der Waals surface area contributed by atoms with Crippen LogP contribution in [-0.4, -0.2) is 25.1 Å². The minimum absolute atomic E-state index is 0.271. The van der Waals surface area contributed by atoms with E-state index in [1.807, 2.05) is 55.5 Å². The summed E-state index contributed by atoms with van der Waals surface area (Å²) in [6, 6.07) is 14.8. The molecular weight excluding hydrogens is 278 g/mol. The Balaban J connectivity index is 1.61. The van der Waals surface area contributed by atoms with Crippen LogP contribution in [0.1, 0.15) is 11.1 Å². The van der Waals surface area contributed by atoms with Crippen molar-refractivity contribution in [3.05, 3.63) is 59.7 Å². The SMILES string of the molecule is Cc1cccc(NC(=O)Nc2ccc(C3=NCCO3)cc2)c1. The van der Waals surface area contributed by atoms with Gasteiger partial charge in [-0.2, -0.15) is 0 Å². The average molecular weight is 295 g/mol. The second-order valence-electron chi connectivity index (χ2n) is 5.06. The molecule has 0 spiro atoms. The topological polar surface area (TPSA) is 62.7 Å². The minimum Gasteiger partial charge on any atom is -0.476 e. The third-order valence-corrected chi connectivity index (χ3v) is 3.25. The fourth-order valence-electron chi connectivity index (χ4n) is 2.22. The molecule has 22 heavy (non-hydrogen) atoms.